The van der Waals surface area contributed by atoms with Gasteiger partial charge in [-0.3, -0.25) is 0 Å². The third-order valence-electron chi connectivity index (χ3n) is 7.85. The number of hydrogen-bond acceptors (Lipinski definition) is 8. The normalized spacial score (nSPS) is 34.9. The molecule has 180 valence electrons. The number of nitrogen functional groups attached to an aromatic ring is 1. The highest BCUT2D eigenvalue weighted by atomic mass is 28.4. The maximum Gasteiger partial charge on any atom is 0.240 e. The molecule has 3 unspecified atom stereocenters. The first kappa shape index (κ1) is 22.1. The first-order valence-electron chi connectivity index (χ1n) is 11.5. The lowest BCUT2D eigenvalue weighted by atomic mass is 10.0. The van der Waals surface area contributed by atoms with E-state index in [-0.39, 0.29) is 11.1 Å². The minimum Gasteiger partial charge on any atom is -0.408 e. The van der Waals surface area contributed by atoms with Crippen LogP contribution in [0, 0.1) is 0 Å². The van der Waals surface area contributed by atoms with Crippen molar-refractivity contribution in [3.63, 3.8) is 0 Å². The molecule has 1 aromatic carbocycles. The number of nitrogens with two attached hydrogens (primary N) is 1. The molecule has 1 aliphatic carbocycles. The fraction of sp³-hybridized carbons (Fsp3) is 0.500. The van der Waals surface area contributed by atoms with Crippen LogP contribution < -0.4 is 5.73 Å². The van der Waals surface area contributed by atoms with Gasteiger partial charge in [-0.25, -0.2) is 9.50 Å². The molecular formula is C24H30N4O5Si. The zero-order valence-electron chi connectivity index (χ0n) is 19.9. The maximum atomic E-state index is 12.0. The van der Waals surface area contributed by atoms with Crippen LogP contribution >= 0.6 is 0 Å². The molecule has 10 heteroatoms. The highest BCUT2D eigenvalue weighted by Gasteiger charge is 2.88. The van der Waals surface area contributed by atoms with E-state index in [1.807, 2.05) is 30.3 Å². The summed E-state index contributed by atoms with van der Waals surface area (Å²) in [7, 11) is -2.14. The zero-order chi connectivity index (χ0) is 24.1. The molecule has 3 fully saturated rings. The van der Waals surface area contributed by atoms with Crippen LogP contribution in [0.2, 0.25) is 18.1 Å². The number of fused-ring (bicyclic) bond motifs is 1. The molecule has 4 heterocycles. The van der Waals surface area contributed by atoms with Crippen molar-refractivity contribution in [3.05, 3.63) is 60.0 Å². The summed E-state index contributed by atoms with van der Waals surface area (Å²) in [6.07, 6.45) is -0.932. The van der Waals surface area contributed by atoms with E-state index >= 15 is 0 Å². The van der Waals surface area contributed by atoms with Gasteiger partial charge in [-0.2, -0.15) is 5.10 Å². The molecule has 6 atom stereocenters. The minimum atomic E-state index is -2.14. The molecular weight excluding hydrogens is 452 g/mol. The van der Waals surface area contributed by atoms with Crippen LogP contribution in [-0.4, -0.2) is 51.9 Å². The zero-order valence-corrected chi connectivity index (χ0v) is 20.9. The van der Waals surface area contributed by atoms with E-state index < -0.39 is 38.2 Å². The average molecular weight is 483 g/mol. The van der Waals surface area contributed by atoms with Crippen molar-refractivity contribution in [1.82, 2.24) is 14.6 Å². The predicted molar refractivity (Wildman–Crippen MR) is 126 cm³/mol. The minimum absolute atomic E-state index is 0.0107. The summed E-state index contributed by atoms with van der Waals surface area (Å²) in [6.45, 7) is 11.0. The molecule has 2 saturated heterocycles. The second-order valence-corrected chi connectivity index (χ2v) is 15.7. The third-order valence-corrected chi connectivity index (χ3v) is 12.3. The van der Waals surface area contributed by atoms with Crippen LogP contribution in [0.5, 0.6) is 0 Å². The Bertz CT molecular complexity index is 1260. The van der Waals surface area contributed by atoms with Crippen molar-refractivity contribution >= 4 is 19.7 Å². The van der Waals surface area contributed by atoms with Crippen molar-refractivity contribution in [3.8, 4) is 0 Å². The molecule has 2 aliphatic heterocycles. The molecule has 1 saturated carbocycles. The largest absolute Gasteiger partial charge is 0.408 e. The van der Waals surface area contributed by atoms with Gasteiger partial charge in [0.2, 0.25) is 5.79 Å². The van der Waals surface area contributed by atoms with Crippen LogP contribution in [0.1, 0.15) is 38.3 Å². The summed E-state index contributed by atoms with van der Waals surface area (Å²) < 4.78 is 27.6. The van der Waals surface area contributed by atoms with Crippen LogP contribution in [0.3, 0.4) is 0 Å². The number of nitrogens with zero attached hydrogens (tertiary/aromatic N) is 3. The predicted octanol–water partition coefficient (Wildman–Crippen LogP) is 3.11. The molecule has 6 rings (SSSR count). The number of rotatable bonds is 4. The van der Waals surface area contributed by atoms with Gasteiger partial charge in [0, 0.05) is 5.56 Å². The monoisotopic (exact) mass is 482 g/mol. The summed E-state index contributed by atoms with van der Waals surface area (Å²) >= 11 is 0. The summed E-state index contributed by atoms with van der Waals surface area (Å²) in [5, 5.41) is 16.3. The molecule has 1 spiro atoms. The molecule has 3 aliphatic rings. The van der Waals surface area contributed by atoms with E-state index in [1.54, 1.807) is 16.6 Å². The Kier molecular flexibility index (Phi) is 4.47. The van der Waals surface area contributed by atoms with Gasteiger partial charge in [0.15, 0.2) is 32.1 Å². The summed E-state index contributed by atoms with van der Waals surface area (Å²) in [5.74, 6) is -1.48. The van der Waals surface area contributed by atoms with E-state index in [0.29, 0.717) is 17.0 Å². The van der Waals surface area contributed by atoms with E-state index in [1.165, 1.54) is 6.33 Å². The maximum absolute atomic E-state index is 12.0. The van der Waals surface area contributed by atoms with Gasteiger partial charge in [-0.05, 0) is 30.3 Å². The van der Waals surface area contributed by atoms with Gasteiger partial charge in [0.05, 0.1) is 0 Å². The molecule has 3 aromatic rings. The summed E-state index contributed by atoms with van der Waals surface area (Å²) in [5.41, 5.74) is 6.96. The quantitative estimate of drug-likeness (QED) is 0.546. The van der Waals surface area contributed by atoms with Gasteiger partial charge in [0.25, 0.3) is 0 Å². The fourth-order valence-electron chi connectivity index (χ4n) is 4.89. The van der Waals surface area contributed by atoms with Crippen molar-refractivity contribution in [1.29, 1.82) is 0 Å². The molecule has 3 N–H and O–H groups in total. The van der Waals surface area contributed by atoms with E-state index in [9.17, 15) is 5.11 Å². The van der Waals surface area contributed by atoms with Crippen LogP contribution in [0.4, 0.5) is 5.82 Å². The van der Waals surface area contributed by atoms with Gasteiger partial charge >= 0.3 is 0 Å². The number of aromatic nitrogens is 3. The van der Waals surface area contributed by atoms with Gasteiger partial charge < -0.3 is 29.5 Å². The Morgan fingerprint density at radius 3 is 2.56 bits per heavy atom. The third kappa shape index (κ3) is 2.84. The smallest absolute Gasteiger partial charge is 0.240 e. The molecule has 0 amide bonds. The Morgan fingerprint density at radius 2 is 1.85 bits per heavy atom. The second kappa shape index (κ2) is 6.87. The van der Waals surface area contributed by atoms with Crippen LogP contribution in [0.15, 0.2) is 48.8 Å². The molecule has 0 bridgehead atoms. The SMILES string of the molecule is CC(C)(C)[Si](C)(C)OC1[C@H]2OC(O)(c3ccc4c(N)ncnn34)[C@@H]3OC(c4ccccc4)O[C@]123. The number of ether oxygens (including phenoxy) is 3. The Hall–Kier alpha value is -2.34. The van der Waals surface area contributed by atoms with E-state index in [0.717, 1.165) is 5.56 Å². The lowest BCUT2D eigenvalue weighted by Crippen LogP contribution is -2.50. The van der Waals surface area contributed by atoms with E-state index in [2.05, 4.69) is 43.9 Å². The lowest BCUT2D eigenvalue weighted by Gasteiger charge is -2.38. The van der Waals surface area contributed by atoms with Crippen molar-refractivity contribution in [2.45, 2.75) is 74.9 Å². The topological polar surface area (TPSA) is 113 Å². The first-order chi connectivity index (χ1) is 16.0. The number of anilines is 1. The van der Waals surface area contributed by atoms with Gasteiger partial charge in [0.1, 0.15) is 29.7 Å². The van der Waals surface area contributed by atoms with E-state index in [4.69, 9.17) is 24.4 Å². The summed E-state index contributed by atoms with van der Waals surface area (Å²) in [6, 6.07) is 13.2. The van der Waals surface area contributed by atoms with Crippen molar-refractivity contribution < 1.29 is 23.7 Å². The Morgan fingerprint density at radius 1 is 1.12 bits per heavy atom. The van der Waals surface area contributed by atoms with Gasteiger partial charge in [-0.15, -0.1) is 0 Å². The molecule has 0 radical (unpaired) electrons. The Labute approximate surface area is 198 Å². The second-order valence-electron chi connectivity index (χ2n) is 10.9. The first-order valence-corrected chi connectivity index (χ1v) is 14.4. The lowest BCUT2D eigenvalue weighted by molar-refractivity contribution is -0.266. The molecule has 9 nitrogen and oxygen atoms in total. The van der Waals surface area contributed by atoms with Crippen LogP contribution in [0.25, 0.3) is 5.52 Å². The van der Waals surface area contributed by atoms with Crippen molar-refractivity contribution in [2.24, 2.45) is 0 Å². The van der Waals surface area contributed by atoms with Crippen LogP contribution in [-0.2, 0) is 24.4 Å². The number of hydrogen-bond donors (Lipinski definition) is 2. The number of aliphatic hydroxyl groups is 1. The highest BCUT2D eigenvalue weighted by Crippen LogP contribution is 2.67. The van der Waals surface area contributed by atoms with Crippen molar-refractivity contribution in [2.75, 3.05) is 5.73 Å². The standard InChI is InChI=1S/C24H30N4O5Si/c1-22(2,3)34(4,5)33-18-17-23(18)21(30-20(32-23)14-9-7-6-8-10-14)24(29,31-17)16-12-11-15-19(25)26-13-27-28(15)16/h6-13,17-18,20-21,29H,1-5H3,(H2,25,26,27)/t17-,18?,20?,21-,23+,24?/m1/s1. The summed E-state index contributed by atoms with van der Waals surface area (Å²) in [4.78, 5) is 4.04. The highest BCUT2D eigenvalue weighted by molar-refractivity contribution is 6.74. The fourth-order valence-corrected chi connectivity index (χ4v) is 6.19. The van der Waals surface area contributed by atoms with Gasteiger partial charge in [-0.1, -0.05) is 51.1 Å². The Balaban J connectivity index is 1.41. The molecule has 2 aromatic heterocycles. The average Bonchev–Trinajstić information content (AvgIpc) is 3.20. The molecule has 34 heavy (non-hydrogen) atoms. The number of benzene rings is 1.